The van der Waals surface area contributed by atoms with Crippen LogP contribution >= 0.6 is 11.6 Å². The Balaban J connectivity index is 2.03. The molecule has 3 rings (SSSR count). The summed E-state index contributed by atoms with van der Waals surface area (Å²) >= 11 is 5.86. The molecule has 3 atom stereocenters. The minimum Gasteiger partial charge on any atom is -0.391 e. The number of rotatable bonds is 11. The van der Waals surface area contributed by atoms with Crippen molar-refractivity contribution in [3.63, 3.8) is 0 Å². The topological polar surface area (TPSA) is 99.0 Å². The van der Waals surface area contributed by atoms with Gasteiger partial charge in [0.1, 0.15) is 29.1 Å². The van der Waals surface area contributed by atoms with Crippen molar-refractivity contribution in [1.82, 2.24) is 19.8 Å². The summed E-state index contributed by atoms with van der Waals surface area (Å²) in [6, 6.07) is 2.41. The van der Waals surface area contributed by atoms with Crippen LogP contribution in [0.15, 0.2) is 24.5 Å². The molecule has 204 valence electrons. The van der Waals surface area contributed by atoms with Crippen molar-refractivity contribution in [2.24, 2.45) is 0 Å². The maximum absolute atomic E-state index is 16.1. The number of aliphatic hydroxyl groups is 2. The van der Waals surface area contributed by atoms with Crippen LogP contribution in [0, 0.1) is 5.82 Å². The molecular weight excluding hydrogens is 506 g/mol. The zero-order chi connectivity index (χ0) is 27.4. The predicted octanol–water partition coefficient (Wildman–Crippen LogP) is 3.64. The molecule has 2 heterocycles. The van der Waals surface area contributed by atoms with E-state index in [-0.39, 0.29) is 49.1 Å². The number of aldehydes is 1. The van der Waals surface area contributed by atoms with E-state index in [0.717, 1.165) is 6.07 Å². The number of likely N-dealkylation sites (tertiary alicyclic amines) is 1. The summed E-state index contributed by atoms with van der Waals surface area (Å²) in [5.41, 5.74) is -4.13. The molecule has 11 heteroatoms. The van der Waals surface area contributed by atoms with E-state index in [0.29, 0.717) is 30.2 Å². The Morgan fingerprint density at radius 2 is 1.95 bits per heavy atom. The molecule has 1 aromatic carbocycles. The lowest BCUT2D eigenvalue weighted by Gasteiger charge is -2.46. The van der Waals surface area contributed by atoms with E-state index in [9.17, 15) is 15.0 Å². The highest BCUT2D eigenvalue weighted by molar-refractivity contribution is 6.30. The summed E-state index contributed by atoms with van der Waals surface area (Å²) < 4.78 is 37.8. The molecule has 37 heavy (non-hydrogen) atoms. The molecule has 2 N–H and O–H groups in total. The summed E-state index contributed by atoms with van der Waals surface area (Å²) in [4.78, 5) is 24.0. The lowest BCUT2D eigenvalue weighted by molar-refractivity contribution is -0.136. The lowest BCUT2D eigenvalue weighted by Crippen LogP contribution is -2.54. The van der Waals surface area contributed by atoms with Crippen LogP contribution in [-0.2, 0) is 16.9 Å². The zero-order valence-electron chi connectivity index (χ0n) is 21.6. The Morgan fingerprint density at radius 3 is 2.49 bits per heavy atom. The molecule has 0 radical (unpaired) electrons. The third kappa shape index (κ3) is 6.50. The van der Waals surface area contributed by atoms with Crippen molar-refractivity contribution in [2.75, 3.05) is 33.8 Å². The Morgan fingerprint density at radius 1 is 1.32 bits per heavy atom. The van der Waals surface area contributed by atoms with E-state index >= 15 is 8.78 Å². The van der Waals surface area contributed by atoms with Gasteiger partial charge in [0.05, 0.1) is 24.3 Å². The first-order valence-electron chi connectivity index (χ1n) is 12.3. The van der Waals surface area contributed by atoms with Gasteiger partial charge in [0, 0.05) is 36.6 Å². The summed E-state index contributed by atoms with van der Waals surface area (Å²) in [5.74, 6) is -0.452. The molecular formula is C26H35ClF2N4O4. The van der Waals surface area contributed by atoms with E-state index in [4.69, 9.17) is 16.3 Å². The molecule has 0 spiro atoms. The Kier molecular flexibility index (Phi) is 9.71. The second kappa shape index (κ2) is 12.2. The summed E-state index contributed by atoms with van der Waals surface area (Å²) in [7, 11) is 3.51. The van der Waals surface area contributed by atoms with Gasteiger partial charge in [-0.15, -0.1) is 0 Å². The van der Waals surface area contributed by atoms with Crippen molar-refractivity contribution in [3.05, 3.63) is 57.9 Å². The third-order valence-corrected chi connectivity index (χ3v) is 7.20. The molecule has 8 nitrogen and oxygen atoms in total. The van der Waals surface area contributed by atoms with Crippen LogP contribution in [0.25, 0.3) is 0 Å². The number of carbonyl (C=O) groups excluding carboxylic acids is 1. The number of hydrogen-bond acceptors (Lipinski definition) is 8. The van der Waals surface area contributed by atoms with E-state index in [1.165, 1.54) is 25.4 Å². The van der Waals surface area contributed by atoms with E-state index in [1.807, 2.05) is 11.9 Å². The van der Waals surface area contributed by atoms with Crippen LogP contribution in [0.3, 0.4) is 0 Å². The van der Waals surface area contributed by atoms with Gasteiger partial charge in [-0.1, -0.05) is 18.5 Å². The number of nitrogens with zero attached hydrogens (tertiary/aromatic N) is 4. The Labute approximate surface area is 221 Å². The van der Waals surface area contributed by atoms with Gasteiger partial charge in [0.2, 0.25) is 0 Å². The smallest absolute Gasteiger partial charge is 0.150 e. The number of aliphatic hydroxyl groups excluding tert-OH is 1. The molecule has 0 saturated carbocycles. The lowest BCUT2D eigenvalue weighted by atomic mass is 9.71. The summed E-state index contributed by atoms with van der Waals surface area (Å²) in [6.07, 6.45) is 1.51. The largest absolute Gasteiger partial charge is 0.391 e. The number of aromatic nitrogens is 2. The van der Waals surface area contributed by atoms with Crippen molar-refractivity contribution in [1.29, 1.82) is 0 Å². The van der Waals surface area contributed by atoms with E-state index in [1.54, 1.807) is 18.9 Å². The van der Waals surface area contributed by atoms with Crippen LogP contribution in [0.5, 0.6) is 0 Å². The zero-order valence-corrected chi connectivity index (χ0v) is 22.4. The predicted molar refractivity (Wildman–Crippen MR) is 135 cm³/mol. The van der Waals surface area contributed by atoms with Gasteiger partial charge >= 0.3 is 0 Å². The van der Waals surface area contributed by atoms with Crippen LogP contribution in [0.1, 0.15) is 66.6 Å². The van der Waals surface area contributed by atoms with Gasteiger partial charge < -0.3 is 19.8 Å². The van der Waals surface area contributed by atoms with Gasteiger partial charge in [-0.25, -0.2) is 18.7 Å². The van der Waals surface area contributed by atoms with Crippen LogP contribution in [0.4, 0.5) is 8.78 Å². The Hall–Kier alpha value is -2.08. The van der Waals surface area contributed by atoms with Gasteiger partial charge in [-0.2, -0.15) is 0 Å². The van der Waals surface area contributed by atoms with Gasteiger partial charge in [-0.3, -0.25) is 9.69 Å². The van der Waals surface area contributed by atoms with Crippen molar-refractivity contribution in [3.8, 4) is 0 Å². The molecule has 1 saturated heterocycles. The monoisotopic (exact) mass is 540 g/mol. The third-order valence-electron chi connectivity index (χ3n) is 7.01. The Bertz CT molecular complexity index is 1070. The molecule has 0 aliphatic carbocycles. The van der Waals surface area contributed by atoms with Gasteiger partial charge in [0.15, 0.2) is 6.29 Å². The molecule has 1 unspecified atom stereocenters. The van der Waals surface area contributed by atoms with Crippen LogP contribution < -0.4 is 0 Å². The fourth-order valence-electron chi connectivity index (χ4n) is 4.79. The fraction of sp³-hybridized carbons (Fsp3) is 0.577. The van der Waals surface area contributed by atoms with Crippen molar-refractivity contribution in [2.45, 2.75) is 63.3 Å². The maximum Gasteiger partial charge on any atom is 0.150 e. The molecule has 1 aliphatic rings. The first-order chi connectivity index (χ1) is 17.4. The average molecular weight is 541 g/mol. The van der Waals surface area contributed by atoms with Crippen LogP contribution in [0.2, 0.25) is 5.02 Å². The molecule has 2 aromatic rings. The molecule has 1 aliphatic heterocycles. The van der Waals surface area contributed by atoms with Gasteiger partial charge in [0.25, 0.3) is 0 Å². The quantitative estimate of drug-likeness (QED) is 0.329. The molecule has 1 aromatic heterocycles. The van der Waals surface area contributed by atoms with Crippen molar-refractivity contribution < 1.29 is 28.5 Å². The highest BCUT2D eigenvalue weighted by Gasteiger charge is 2.52. The number of hydrogen-bond donors (Lipinski definition) is 2. The molecule has 0 amide bonds. The standard InChI is InChI=1S/C26H35ClF2N4O4/c1-5-26(36,25(29)6-8-32(3)9-7-25)19-10-18(15-34)23(21(28)11-19)24(37-16-17(2)35)33(4)14-22-30-12-20(27)13-31-22/h10-13,15,17,24,35-36H,5-9,14,16H2,1-4H3/t17-,24-,26?/m1/s1. The molecule has 0 bridgehead atoms. The first kappa shape index (κ1) is 29.5. The minimum atomic E-state index is -1.98. The van der Waals surface area contributed by atoms with E-state index in [2.05, 4.69) is 9.97 Å². The number of piperidine rings is 1. The average Bonchev–Trinajstić information content (AvgIpc) is 2.87. The number of ether oxygens (including phenoxy) is 1. The second-order valence-electron chi connectivity index (χ2n) is 9.83. The fourth-order valence-corrected chi connectivity index (χ4v) is 4.89. The van der Waals surface area contributed by atoms with Gasteiger partial charge in [-0.05, 0) is 58.0 Å². The number of halogens is 3. The number of benzene rings is 1. The summed E-state index contributed by atoms with van der Waals surface area (Å²) in [5, 5.41) is 21.7. The van der Waals surface area contributed by atoms with Crippen molar-refractivity contribution >= 4 is 17.9 Å². The highest BCUT2D eigenvalue weighted by Crippen LogP contribution is 2.46. The normalized spacial score (nSPS) is 19.4. The molecule has 1 fully saturated rings. The minimum absolute atomic E-state index is 0.0000617. The second-order valence-corrected chi connectivity index (χ2v) is 10.3. The SMILES string of the molecule is CCC(O)(c1cc(F)c([C@@H](OC[C@@H](C)O)N(C)Cc2ncc(Cl)cn2)c(C=O)c1)C1(F)CCN(C)CC1. The first-order valence-corrected chi connectivity index (χ1v) is 12.7. The van der Waals surface area contributed by atoms with Crippen LogP contribution in [-0.4, -0.2) is 81.8 Å². The summed E-state index contributed by atoms with van der Waals surface area (Å²) in [6.45, 7) is 4.03. The van der Waals surface area contributed by atoms with E-state index < -0.39 is 29.4 Å². The number of alkyl halides is 1. The maximum atomic E-state index is 16.1. The highest BCUT2D eigenvalue weighted by atomic mass is 35.5. The number of carbonyl (C=O) groups is 1.